The summed E-state index contributed by atoms with van der Waals surface area (Å²) in [4.78, 5) is 15.9. The van der Waals surface area contributed by atoms with Crippen LogP contribution in [0.15, 0.2) is 28.1 Å². The highest BCUT2D eigenvalue weighted by molar-refractivity contribution is 7.90. The molecule has 26 heavy (non-hydrogen) atoms. The number of anilines is 1. The Kier molecular flexibility index (Phi) is 7.43. The number of carbonyl (C=O) groups excluding carboxylic acids is 1. The van der Waals surface area contributed by atoms with Gasteiger partial charge >= 0.3 is 5.97 Å². The van der Waals surface area contributed by atoms with Crippen molar-refractivity contribution in [1.29, 1.82) is 0 Å². The fourth-order valence-electron chi connectivity index (χ4n) is 2.55. The number of carbonyl (C=O) groups is 1. The molecule has 1 fully saturated rings. The molecular formula is C17H23ClFN3O3S. The molecule has 6 nitrogen and oxygen atoms in total. The number of rotatable bonds is 6. The largest absolute Gasteiger partial charge is 0.465 e. The van der Waals surface area contributed by atoms with E-state index in [2.05, 4.69) is 15.0 Å². The molecule has 0 aromatic heterocycles. The second kappa shape index (κ2) is 9.34. The summed E-state index contributed by atoms with van der Waals surface area (Å²) in [5.74, 6) is -1.28. The first-order chi connectivity index (χ1) is 12.4. The van der Waals surface area contributed by atoms with E-state index >= 15 is 0 Å². The van der Waals surface area contributed by atoms with E-state index in [1.165, 1.54) is 19.4 Å². The fourth-order valence-corrected chi connectivity index (χ4v) is 4.03. The zero-order chi connectivity index (χ0) is 19.3. The highest BCUT2D eigenvalue weighted by Crippen LogP contribution is 2.31. The van der Waals surface area contributed by atoms with E-state index < -0.39 is 22.6 Å². The Bertz CT molecular complexity index is 721. The number of likely N-dealkylation sites (N-methyl/N-ethyl adjacent to an activating group) is 1. The minimum absolute atomic E-state index is 0.0385. The van der Waals surface area contributed by atoms with Gasteiger partial charge in [-0.1, -0.05) is 11.6 Å². The van der Waals surface area contributed by atoms with E-state index in [4.69, 9.17) is 11.6 Å². The predicted octanol–water partition coefficient (Wildman–Crippen LogP) is 1.96. The number of esters is 1. The molecule has 1 aromatic carbocycles. The monoisotopic (exact) mass is 403 g/mol. The molecule has 1 N–H and O–H groups in total. The molecule has 0 spiro atoms. The second-order valence-electron chi connectivity index (χ2n) is 5.85. The standard InChI is InChI=1S/C17H23ClFN3O3S/c1-4-20-11-16(17(23)25-3)26(24)15-10-13(19)14(9-12(15)18)22-7-5-21(2)6-8-22/h9-11,20H,4-8H2,1-3H3/b16-11-. The first-order valence-electron chi connectivity index (χ1n) is 8.25. The van der Waals surface area contributed by atoms with E-state index in [-0.39, 0.29) is 14.8 Å². The van der Waals surface area contributed by atoms with Crippen molar-refractivity contribution in [3.8, 4) is 0 Å². The SMILES string of the molecule is CCN/C=C(/C(=O)OC)S(=O)c1cc(F)c(N2CCN(C)CC2)cc1Cl. The van der Waals surface area contributed by atoms with E-state index in [1.54, 1.807) is 0 Å². The third-order valence-electron chi connectivity index (χ3n) is 4.07. The number of ether oxygens (including phenoxy) is 1. The molecule has 1 aliphatic rings. The van der Waals surface area contributed by atoms with Gasteiger partial charge in [-0.3, -0.25) is 0 Å². The summed E-state index contributed by atoms with van der Waals surface area (Å²) in [6.07, 6.45) is 1.31. The quantitative estimate of drug-likeness (QED) is 0.578. The molecule has 1 atom stereocenters. The molecule has 2 rings (SSSR count). The highest BCUT2D eigenvalue weighted by atomic mass is 35.5. The Morgan fingerprint density at radius 1 is 1.38 bits per heavy atom. The predicted molar refractivity (Wildman–Crippen MR) is 101 cm³/mol. The number of halogens is 2. The lowest BCUT2D eigenvalue weighted by molar-refractivity contribution is -0.135. The van der Waals surface area contributed by atoms with Gasteiger partial charge in [0.25, 0.3) is 0 Å². The highest BCUT2D eigenvalue weighted by Gasteiger charge is 2.25. The summed E-state index contributed by atoms with van der Waals surface area (Å²) in [7, 11) is 1.24. The summed E-state index contributed by atoms with van der Waals surface area (Å²) in [5, 5.41) is 2.95. The van der Waals surface area contributed by atoms with Gasteiger partial charge in [0.1, 0.15) is 10.7 Å². The topological polar surface area (TPSA) is 61.9 Å². The molecule has 1 aromatic rings. The zero-order valence-electron chi connectivity index (χ0n) is 15.1. The number of hydrogen-bond donors (Lipinski definition) is 1. The van der Waals surface area contributed by atoms with Crippen molar-refractivity contribution in [1.82, 2.24) is 10.2 Å². The van der Waals surface area contributed by atoms with Crippen molar-refractivity contribution in [2.75, 3.05) is 51.8 Å². The number of nitrogens with zero attached hydrogens (tertiary/aromatic N) is 2. The molecule has 0 radical (unpaired) electrons. The molecule has 144 valence electrons. The zero-order valence-corrected chi connectivity index (χ0v) is 16.6. The normalized spacial score (nSPS) is 17.1. The van der Waals surface area contributed by atoms with Gasteiger partial charge in [0.05, 0.1) is 33.5 Å². The van der Waals surface area contributed by atoms with Crippen LogP contribution in [0.25, 0.3) is 0 Å². The van der Waals surface area contributed by atoms with Gasteiger partial charge in [-0.15, -0.1) is 0 Å². The van der Waals surface area contributed by atoms with Crippen LogP contribution in [0.3, 0.4) is 0 Å². The molecule has 0 bridgehead atoms. The summed E-state index contributed by atoms with van der Waals surface area (Å²) < 4.78 is 32.1. The smallest absolute Gasteiger partial charge is 0.348 e. The van der Waals surface area contributed by atoms with Crippen LogP contribution in [0.4, 0.5) is 10.1 Å². The van der Waals surface area contributed by atoms with E-state index in [9.17, 15) is 13.4 Å². The maximum Gasteiger partial charge on any atom is 0.348 e. The lowest BCUT2D eigenvalue weighted by Gasteiger charge is -2.34. The van der Waals surface area contributed by atoms with Crippen LogP contribution in [0, 0.1) is 5.82 Å². The Morgan fingerprint density at radius 2 is 2.04 bits per heavy atom. The Hall–Kier alpha value is -1.64. The minimum atomic E-state index is -1.97. The van der Waals surface area contributed by atoms with Crippen LogP contribution < -0.4 is 10.2 Å². The minimum Gasteiger partial charge on any atom is -0.465 e. The van der Waals surface area contributed by atoms with Crippen molar-refractivity contribution >= 4 is 34.1 Å². The maximum absolute atomic E-state index is 14.7. The Morgan fingerprint density at radius 3 is 2.62 bits per heavy atom. The summed E-state index contributed by atoms with van der Waals surface area (Å²) in [6.45, 7) is 5.36. The Labute approximate surface area is 160 Å². The van der Waals surface area contributed by atoms with Gasteiger partial charge in [0, 0.05) is 38.9 Å². The lowest BCUT2D eigenvalue weighted by atomic mass is 10.2. The van der Waals surface area contributed by atoms with Gasteiger partial charge in [0.15, 0.2) is 0 Å². The van der Waals surface area contributed by atoms with Crippen LogP contribution in [-0.4, -0.2) is 62.0 Å². The van der Waals surface area contributed by atoms with Gasteiger partial charge in [0.2, 0.25) is 0 Å². The van der Waals surface area contributed by atoms with Crippen LogP contribution >= 0.6 is 11.6 Å². The second-order valence-corrected chi connectivity index (χ2v) is 7.68. The lowest BCUT2D eigenvalue weighted by Crippen LogP contribution is -2.44. The molecule has 1 unspecified atom stereocenters. The number of methoxy groups -OCH3 is 1. The van der Waals surface area contributed by atoms with Gasteiger partial charge in [-0.25, -0.2) is 13.4 Å². The van der Waals surface area contributed by atoms with Crippen molar-refractivity contribution in [2.24, 2.45) is 0 Å². The third kappa shape index (κ3) is 4.75. The molecule has 1 saturated heterocycles. The van der Waals surface area contributed by atoms with Crippen molar-refractivity contribution in [3.63, 3.8) is 0 Å². The van der Waals surface area contributed by atoms with E-state index in [0.29, 0.717) is 25.3 Å². The molecule has 1 aliphatic heterocycles. The fraction of sp³-hybridized carbons (Fsp3) is 0.471. The molecule has 9 heteroatoms. The molecule has 1 heterocycles. The Balaban J connectivity index is 2.33. The van der Waals surface area contributed by atoms with Crippen LogP contribution in [0.2, 0.25) is 5.02 Å². The maximum atomic E-state index is 14.7. The van der Waals surface area contributed by atoms with E-state index in [0.717, 1.165) is 19.2 Å². The van der Waals surface area contributed by atoms with Gasteiger partial charge < -0.3 is 19.9 Å². The van der Waals surface area contributed by atoms with Crippen molar-refractivity contribution in [3.05, 3.63) is 34.1 Å². The van der Waals surface area contributed by atoms with Crippen molar-refractivity contribution < 1.29 is 18.1 Å². The van der Waals surface area contributed by atoms with Crippen LogP contribution in [-0.2, 0) is 20.3 Å². The van der Waals surface area contributed by atoms with E-state index in [1.807, 2.05) is 18.9 Å². The first kappa shape index (κ1) is 20.7. The average molecular weight is 404 g/mol. The number of hydrogen-bond acceptors (Lipinski definition) is 6. The first-order valence-corrected chi connectivity index (χ1v) is 9.78. The van der Waals surface area contributed by atoms with Gasteiger partial charge in [-0.2, -0.15) is 0 Å². The number of benzene rings is 1. The third-order valence-corrected chi connectivity index (χ3v) is 5.91. The summed E-state index contributed by atoms with van der Waals surface area (Å²) in [5.41, 5.74) is 0.374. The summed E-state index contributed by atoms with van der Waals surface area (Å²) >= 11 is 6.27. The molecule has 0 aliphatic carbocycles. The van der Waals surface area contributed by atoms with Crippen LogP contribution in [0.5, 0.6) is 0 Å². The van der Waals surface area contributed by atoms with Gasteiger partial charge in [-0.05, 0) is 26.1 Å². The molecule has 0 saturated carbocycles. The molecular weight excluding hydrogens is 381 g/mol. The van der Waals surface area contributed by atoms with Crippen LogP contribution in [0.1, 0.15) is 6.92 Å². The number of nitrogens with one attached hydrogen (secondary N) is 1. The van der Waals surface area contributed by atoms with Crippen molar-refractivity contribution in [2.45, 2.75) is 11.8 Å². The molecule has 0 amide bonds. The average Bonchev–Trinajstić information content (AvgIpc) is 2.63. The number of piperazine rings is 1. The summed E-state index contributed by atoms with van der Waals surface area (Å²) in [6, 6.07) is 2.60.